The molecule has 2 N–H and O–H groups in total. The zero-order valence-electron chi connectivity index (χ0n) is 12.8. The first kappa shape index (κ1) is 14.3. The summed E-state index contributed by atoms with van der Waals surface area (Å²) >= 11 is 0. The Hall–Kier alpha value is -1.68. The van der Waals surface area contributed by atoms with Gasteiger partial charge in [-0.1, -0.05) is 36.3 Å². The predicted molar refractivity (Wildman–Crippen MR) is 82.8 cm³/mol. The molecule has 2 aromatic rings. The van der Waals surface area contributed by atoms with E-state index < -0.39 is 0 Å². The molecule has 0 aliphatic heterocycles. The minimum Gasteiger partial charge on any atom is -0.338 e. The van der Waals surface area contributed by atoms with E-state index in [4.69, 9.17) is 10.3 Å². The number of rotatable bonds is 3. The highest BCUT2D eigenvalue weighted by atomic mass is 16.5. The normalized spacial score (nSPS) is 26.0. The van der Waals surface area contributed by atoms with Crippen molar-refractivity contribution in [2.24, 2.45) is 11.7 Å². The van der Waals surface area contributed by atoms with Gasteiger partial charge in [0, 0.05) is 12.1 Å². The Labute approximate surface area is 125 Å². The molecule has 4 nitrogen and oxygen atoms in total. The molecule has 0 spiro atoms. The quantitative estimate of drug-likeness (QED) is 0.938. The fourth-order valence-electron chi connectivity index (χ4n) is 3.19. The predicted octanol–water partition coefficient (Wildman–Crippen LogP) is 3.45. The lowest BCUT2D eigenvalue weighted by atomic mass is 9.71. The Morgan fingerprint density at radius 2 is 2.00 bits per heavy atom. The third-order valence-corrected chi connectivity index (χ3v) is 4.89. The van der Waals surface area contributed by atoms with Crippen LogP contribution in [0.25, 0.3) is 11.4 Å². The van der Waals surface area contributed by atoms with Gasteiger partial charge in [0.05, 0.1) is 5.41 Å². The van der Waals surface area contributed by atoms with Crippen LogP contribution >= 0.6 is 0 Å². The van der Waals surface area contributed by atoms with Crippen LogP contribution in [0.2, 0.25) is 0 Å². The second-order valence-corrected chi connectivity index (χ2v) is 6.41. The molecule has 0 amide bonds. The van der Waals surface area contributed by atoms with Crippen LogP contribution in [0, 0.1) is 12.8 Å². The summed E-state index contributed by atoms with van der Waals surface area (Å²) in [5.74, 6) is 2.16. The van der Waals surface area contributed by atoms with Crippen LogP contribution in [-0.2, 0) is 5.41 Å². The first-order chi connectivity index (χ1) is 10.1. The summed E-state index contributed by atoms with van der Waals surface area (Å²) in [5.41, 5.74) is 8.13. The van der Waals surface area contributed by atoms with Gasteiger partial charge in [-0.15, -0.1) is 0 Å². The largest absolute Gasteiger partial charge is 0.338 e. The van der Waals surface area contributed by atoms with Gasteiger partial charge in [-0.25, -0.2) is 0 Å². The molecule has 1 aliphatic rings. The minimum absolute atomic E-state index is 0.125. The number of hydrogen-bond acceptors (Lipinski definition) is 4. The van der Waals surface area contributed by atoms with Crippen LogP contribution in [0.3, 0.4) is 0 Å². The average Bonchev–Trinajstić information content (AvgIpc) is 2.99. The molecule has 0 bridgehead atoms. The standard InChI is InChI=1S/C17H23N3O/c1-12-7-9-17(11-18,10-8-12)16-19-15(20-21-16)14-6-4-3-5-13(14)2/h3-6,12H,7-11,18H2,1-2H3. The lowest BCUT2D eigenvalue weighted by Gasteiger charge is -2.35. The average molecular weight is 285 g/mol. The maximum Gasteiger partial charge on any atom is 0.234 e. The smallest absolute Gasteiger partial charge is 0.234 e. The van der Waals surface area contributed by atoms with Crippen molar-refractivity contribution in [1.82, 2.24) is 10.1 Å². The van der Waals surface area contributed by atoms with Crippen molar-refractivity contribution >= 4 is 0 Å². The number of nitrogens with zero attached hydrogens (tertiary/aromatic N) is 2. The first-order valence-corrected chi connectivity index (χ1v) is 7.75. The molecule has 1 aromatic heterocycles. The Balaban J connectivity index is 1.92. The molecule has 1 aliphatic carbocycles. The first-order valence-electron chi connectivity index (χ1n) is 7.75. The van der Waals surface area contributed by atoms with E-state index in [0.717, 1.165) is 35.8 Å². The van der Waals surface area contributed by atoms with Gasteiger partial charge in [0.25, 0.3) is 0 Å². The van der Waals surface area contributed by atoms with Crippen LogP contribution in [-0.4, -0.2) is 16.7 Å². The monoisotopic (exact) mass is 285 g/mol. The lowest BCUT2D eigenvalue weighted by molar-refractivity contribution is 0.191. The maximum absolute atomic E-state index is 6.07. The van der Waals surface area contributed by atoms with E-state index in [-0.39, 0.29) is 5.41 Å². The molecule has 3 rings (SSSR count). The van der Waals surface area contributed by atoms with Gasteiger partial charge >= 0.3 is 0 Å². The molecule has 1 heterocycles. The van der Waals surface area contributed by atoms with E-state index in [1.807, 2.05) is 18.2 Å². The number of nitrogens with two attached hydrogens (primary N) is 1. The third-order valence-electron chi connectivity index (χ3n) is 4.89. The molecule has 0 radical (unpaired) electrons. The highest BCUT2D eigenvalue weighted by Gasteiger charge is 2.39. The van der Waals surface area contributed by atoms with Crippen LogP contribution < -0.4 is 5.73 Å². The summed E-state index contributed by atoms with van der Waals surface area (Å²) < 4.78 is 5.60. The van der Waals surface area contributed by atoms with Gasteiger partial charge in [-0.2, -0.15) is 4.98 Å². The van der Waals surface area contributed by atoms with Crippen molar-refractivity contribution < 1.29 is 4.52 Å². The molecular weight excluding hydrogens is 262 g/mol. The summed E-state index contributed by atoms with van der Waals surface area (Å²) in [5, 5.41) is 4.19. The van der Waals surface area contributed by atoms with Crippen molar-refractivity contribution in [2.45, 2.75) is 44.9 Å². The van der Waals surface area contributed by atoms with Gasteiger partial charge in [0.1, 0.15) is 0 Å². The molecular formula is C17H23N3O. The van der Waals surface area contributed by atoms with E-state index in [2.05, 4.69) is 30.1 Å². The Morgan fingerprint density at radius 3 is 2.67 bits per heavy atom. The summed E-state index contributed by atoms with van der Waals surface area (Å²) in [4.78, 5) is 4.68. The Bertz CT molecular complexity index is 612. The molecule has 0 unspecified atom stereocenters. The number of aryl methyl sites for hydroxylation is 1. The van der Waals surface area contributed by atoms with Crippen molar-refractivity contribution in [3.63, 3.8) is 0 Å². The van der Waals surface area contributed by atoms with E-state index >= 15 is 0 Å². The SMILES string of the molecule is Cc1ccccc1-c1noc(C2(CN)CCC(C)CC2)n1. The summed E-state index contributed by atoms with van der Waals surface area (Å²) in [6, 6.07) is 8.11. The van der Waals surface area contributed by atoms with Gasteiger partial charge < -0.3 is 10.3 Å². The van der Waals surface area contributed by atoms with Crippen molar-refractivity contribution in [2.75, 3.05) is 6.54 Å². The number of aromatic nitrogens is 2. The molecule has 4 heteroatoms. The van der Waals surface area contributed by atoms with E-state index in [9.17, 15) is 0 Å². The molecule has 21 heavy (non-hydrogen) atoms. The van der Waals surface area contributed by atoms with Gasteiger partial charge in [-0.05, 0) is 44.1 Å². The fraction of sp³-hybridized carbons (Fsp3) is 0.529. The molecule has 0 saturated heterocycles. The zero-order valence-corrected chi connectivity index (χ0v) is 12.8. The molecule has 1 saturated carbocycles. The highest BCUT2D eigenvalue weighted by molar-refractivity contribution is 5.59. The van der Waals surface area contributed by atoms with Gasteiger partial charge in [-0.3, -0.25) is 0 Å². The van der Waals surface area contributed by atoms with Crippen LogP contribution in [0.5, 0.6) is 0 Å². The lowest BCUT2D eigenvalue weighted by Crippen LogP contribution is -2.39. The van der Waals surface area contributed by atoms with Gasteiger partial charge in [0.2, 0.25) is 11.7 Å². The van der Waals surface area contributed by atoms with Crippen molar-refractivity contribution in [1.29, 1.82) is 0 Å². The molecule has 0 atom stereocenters. The minimum atomic E-state index is -0.125. The molecule has 1 aromatic carbocycles. The molecule has 112 valence electrons. The second kappa shape index (κ2) is 5.60. The van der Waals surface area contributed by atoms with E-state index in [1.54, 1.807) is 0 Å². The maximum atomic E-state index is 6.07. The third kappa shape index (κ3) is 2.60. The number of hydrogen-bond donors (Lipinski definition) is 1. The van der Waals surface area contributed by atoms with Crippen LogP contribution in [0.15, 0.2) is 28.8 Å². The highest BCUT2D eigenvalue weighted by Crippen LogP contribution is 2.40. The van der Waals surface area contributed by atoms with Crippen molar-refractivity contribution in [3.8, 4) is 11.4 Å². The second-order valence-electron chi connectivity index (χ2n) is 6.41. The Kier molecular flexibility index (Phi) is 3.81. The van der Waals surface area contributed by atoms with E-state index in [0.29, 0.717) is 12.4 Å². The zero-order chi connectivity index (χ0) is 14.9. The van der Waals surface area contributed by atoms with E-state index in [1.165, 1.54) is 12.8 Å². The van der Waals surface area contributed by atoms with Crippen LogP contribution in [0.4, 0.5) is 0 Å². The Morgan fingerprint density at radius 1 is 1.29 bits per heavy atom. The summed E-state index contributed by atoms with van der Waals surface area (Å²) in [7, 11) is 0. The fourth-order valence-corrected chi connectivity index (χ4v) is 3.19. The summed E-state index contributed by atoms with van der Waals surface area (Å²) in [6.07, 6.45) is 4.44. The summed E-state index contributed by atoms with van der Waals surface area (Å²) in [6.45, 7) is 4.94. The van der Waals surface area contributed by atoms with Crippen molar-refractivity contribution in [3.05, 3.63) is 35.7 Å². The number of benzene rings is 1. The van der Waals surface area contributed by atoms with Crippen LogP contribution in [0.1, 0.15) is 44.1 Å². The van der Waals surface area contributed by atoms with Gasteiger partial charge in [0.15, 0.2) is 0 Å². The molecule has 1 fully saturated rings. The topological polar surface area (TPSA) is 64.9 Å².